The zero-order valence-electron chi connectivity index (χ0n) is 9.01. The van der Waals surface area contributed by atoms with E-state index in [0.717, 1.165) is 23.3 Å². The molecular weight excluding hydrogens is 243 g/mol. The Hall–Kier alpha value is 0.770. The third-order valence-corrected chi connectivity index (χ3v) is 6.31. The van der Waals surface area contributed by atoms with Gasteiger partial charge in [-0.1, -0.05) is 0 Å². The van der Waals surface area contributed by atoms with Gasteiger partial charge >= 0.3 is 5.70 Å². The minimum Gasteiger partial charge on any atom is -0.310 e. The molecule has 0 aromatic rings. The van der Waals surface area contributed by atoms with E-state index in [1.807, 2.05) is 20.9 Å². The normalized spacial score (nSPS) is 12.8. The molecule has 0 aliphatic rings. The molecule has 0 heterocycles. The molecular formula is C6H17N2O3PS2. The molecule has 0 saturated heterocycles. The van der Waals surface area contributed by atoms with Gasteiger partial charge in [-0.15, -0.1) is 0 Å². The summed E-state index contributed by atoms with van der Waals surface area (Å²) >= 11 is 1.78. The zero-order valence-corrected chi connectivity index (χ0v) is 11.5. The number of hydrogen-bond donors (Lipinski definition) is 1. The maximum atomic E-state index is 12.1. The largest absolute Gasteiger partial charge is 0.319 e. The molecule has 8 heteroatoms. The molecule has 0 atom stereocenters. The van der Waals surface area contributed by atoms with Crippen molar-refractivity contribution in [2.45, 2.75) is 19.9 Å². The standard InChI is InChI=1S/C6H17N2O3PS2/c1-6(2)8(3)7-12(9,13-10-4)14-11-5/h6H,1-5H3,(H,7,9). The van der Waals surface area contributed by atoms with Crippen molar-refractivity contribution >= 4 is 29.0 Å². The molecule has 0 unspecified atom stereocenters. The molecule has 0 spiro atoms. The lowest BCUT2D eigenvalue weighted by Crippen LogP contribution is -2.36. The van der Waals surface area contributed by atoms with Crippen molar-refractivity contribution < 1.29 is 12.9 Å². The smallest absolute Gasteiger partial charge is 0.310 e. The van der Waals surface area contributed by atoms with Crippen molar-refractivity contribution in [3.05, 3.63) is 0 Å². The van der Waals surface area contributed by atoms with Gasteiger partial charge in [-0.05, 0) is 13.8 Å². The van der Waals surface area contributed by atoms with E-state index in [2.05, 4.69) is 5.20 Å². The quantitative estimate of drug-likeness (QED) is 0.429. The van der Waals surface area contributed by atoms with Crippen LogP contribution in [0.5, 0.6) is 0 Å². The van der Waals surface area contributed by atoms with Gasteiger partial charge in [-0.25, -0.2) is 5.01 Å². The minimum atomic E-state index is -2.76. The van der Waals surface area contributed by atoms with Crippen LogP contribution < -0.4 is 5.20 Å². The van der Waals surface area contributed by atoms with Crippen molar-refractivity contribution in [3.8, 4) is 0 Å². The number of hydrogen-bond acceptors (Lipinski definition) is 6. The van der Waals surface area contributed by atoms with Crippen LogP contribution in [0.4, 0.5) is 0 Å². The van der Waals surface area contributed by atoms with Crippen molar-refractivity contribution in [1.29, 1.82) is 0 Å². The molecule has 0 amide bonds. The highest BCUT2D eigenvalue weighted by Crippen LogP contribution is 2.66. The first kappa shape index (κ1) is 14.8. The van der Waals surface area contributed by atoms with Crippen molar-refractivity contribution in [2.24, 2.45) is 0 Å². The monoisotopic (exact) mass is 260 g/mol. The van der Waals surface area contributed by atoms with E-state index < -0.39 is 5.70 Å². The highest BCUT2D eigenvalue weighted by molar-refractivity contribution is 8.87. The van der Waals surface area contributed by atoms with E-state index in [9.17, 15) is 4.57 Å². The van der Waals surface area contributed by atoms with E-state index >= 15 is 0 Å². The Morgan fingerprint density at radius 1 is 1.29 bits per heavy atom. The summed E-state index contributed by atoms with van der Waals surface area (Å²) in [6.07, 6.45) is 0. The molecule has 5 nitrogen and oxygen atoms in total. The zero-order chi connectivity index (χ0) is 11.2. The fourth-order valence-corrected chi connectivity index (χ4v) is 5.20. The minimum absolute atomic E-state index is 0.248. The lowest BCUT2D eigenvalue weighted by Gasteiger charge is -2.25. The maximum absolute atomic E-state index is 12.1. The second-order valence-corrected chi connectivity index (χ2v) is 9.62. The topological polar surface area (TPSA) is 50.8 Å². The lowest BCUT2D eigenvalue weighted by atomic mass is 10.4. The van der Waals surface area contributed by atoms with Crippen LogP contribution in [0, 0.1) is 0 Å². The van der Waals surface area contributed by atoms with Crippen LogP contribution in [0.2, 0.25) is 0 Å². The van der Waals surface area contributed by atoms with Crippen LogP contribution in [0.1, 0.15) is 13.8 Å². The number of nitrogens with zero attached hydrogens (tertiary/aromatic N) is 1. The highest BCUT2D eigenvalue weighted by Gasteiger charge is 2.28. The van der Waals surface area contributed by atoms with E-state index in [-0.39, 0.29) is 6.04 Å². The van der Waals surface area contributed by atoms with E-state index in [4.69, 9.17) is 8.37 Å². The van der Waals surface area contributed by atoms with Crippen LogP contribution >= 0.6 is 29.0 Å². The van der Waals surface area contributed by atoms with E-state index in [0.29, 0.717) is 0 Å². The number of hydrazine groups is 1. The first-order valence-corrected chi connectivity index (χ1v) is 8.41. The summed E-state index contributed by atoms with van der Waals surface area (Å²) in [5.41, 5.74) is -2.76. The second kappa shape index (κ2) is 7.11. The van der Waals surface area contributed by atoms with Gasteiger partial charge in [-0.2, -0.15) is 5.20 Å². The fraction of sp³-hybridized carbons (Fsp3) is 1.00. The summed E-state index contributed by atoms with van der Waals surface area (Å²) < 4.78 is 21.7. The molecule has 86 valence electrons. The lowest BCUT2D eigenvalue weighted by molar-refractivity contribution is 0.243. The van der Waals surface area contributed by atoms with Crippen LogP contribution in [0.3, 0.4) is 0 Å². The summed E-state index contributed by atoms with van der Waals surface area (Å²) in [4.78, 5) is 0. The molecule has 14 heavy (non-hydrogen) atoms. The van der Waals surface area contributed by atoms with Gasteiger partial charge in [0.25, 0.3) is 0 Å². The maximum Gasteiger partial charge on any atom is 0.319 e. The summed E-state index contributed by atoms with van der Waals surface area (Å²) in [7, 11) is 4.78. The summed E-state index contributed by atoms with van der Waals surface area (Å²) in [6, 6.07) is 0.248. The Balaban J connectivity index is 4.28. The third-order valence-electron chi connectivity index (χ3n) is 1.40. The van der Waals surface area contributed by atoms with Crippen LogP contribution in [0.25, 0.3) is 0 Å². The van der Waals surface area contributed by atoms with Crippen molar-refractivity contribution in [3.63, 3.8) is 0 Å². The number of rotatable bonds is 7. The molecule has 1 N–H and O–H groups in total. The molecule has 0 aromatic heterocycles. The molecule has 0 radical (unpaired) electrons. The highest BCUT2D eigenvalue weighted by atomic mass is 33.1. The Bertz CT molecular complexity index is 196. The Labute approximate surface area is 93.6 Å². The van der Waals surface area contributed by atoms with Gasteiger partial charge < -0.3 is 8.37 Å². The third kappa shape index (κ3) is 5.60. The molecule has 0 saturated carbocycles. The van der Waals surface area contributed by atoms with Gasteiger partial charge in [0.2, 0.25) is 0 Å². The van der Waals surface area contributed by atoms with E-state index in [1.54, 1.807) is 5.01 Å². The van der Waals surface area contributed by atoms with Gasteiger partial charge in [-0.3, -0.25) is 4.57 Å². The van der Waals surface area contributed by atoms with Gasteiger partial charge in [0.15, 0.2) is 0 Å². The summed E-state index contributed by atoms with van der Waals surface area (Å²) in [5.74, 6) is 0. The Kier molecular flexibility index (Phi) is 7.50. The first-order valence-electron chi connectivity index (χ1n) is 4.00. The number of nitrogens with one attached hydrogen (secondary N) is 1. The van der Waals surface area contributed by atoms with Crippen molar-refractivity contribution in [1.82, 2.24) is 10.2 Å². The average molecular weight is 260 g/mol. The predicted molar refractivity (Wildman–Crippen MR) is 62.8 cm³/mol. The van der Waals surface area contributed by atoms with Crippen molar-refractivity contribution in [2.75, 3.05) is 21.3 Å². The average Bonchev–Trinajstić information content (AvgIpc) is 2.04. The first-order chi connectivity index (χ1) is 6.45. The molecule has 0 aromatic carbocycles. The SMILES string of the molecule is COSP(=O)(NN(C)C(C)C)SOC. The molecule has 0 aliphatic carbocycles. The fourth-order valence-electron chi connectivity index (χ4n) is 0.551. The second-order valence-electron chi connectivity index (χ2n) is 2.78. The Morgan fingerprint density at radius 2 is 1.71 bits per heavy atom. The van der Waals surface area contributed by atoms with Gasteiger partial charge in [0.05, 0.1) is 37.5 Å². The molecule has 0 bridgehead atoms. The van der Waals surface area contributed by atoms with Crippen LogP contribution in [0.15, 0.2) is 0 Å². The molecule has 0 fully saturated rings. The van der Waals surface area contributed by atoms with Gasteiger partial charge in [0.1, 0.15) is 0 Å². The Morgan fingerprint density at radius 3 is 2.00 bits per heavy atom. The van der Waals surface area contributed by atoms with Gasteiger partial charge in [0, 0.05) is 13.1 Å². The van der Waals surface area contributed by atoms with Crippen LogP contribution in [-0.2, 0) is 12.9 Å². The van der Waals surface area contributed by atoms with Crippen LogP contribution in [-0.4, -0.2) is 32.3 Å². The molecule has 0 aliphatic heterocycles. The predicted octanol–water partition coefficient (Wildman–Crippen LogP) is 2.53. The summed E-state index contributed by atoms with van der Waals surface area (Å²) in [6.45, 7) is 3.98. The molecule has 0 rings (SSSR count). The summed E-state index contributed by atoms with van der Waals surface area (Å²) in [5, 5.41) is 4.62. The van der Waals surface area contributed by atoms with E-state index in [1.165, 1.54) is 14.2 Å².